The molecule has 0 radical (unpaired) electrons. The summed E-state index contributed by atoms with van der Waals surface area (Å²) >= 11 is 0. The molecule has 1 fully saturated rings. The largest absolute Gasteiger partial charge is 0.479 e. The second kappa shape index (κ2) is 18.7. The lowest BCUT2D eigenvalue weighted by atomic mass is 9.90. The van der Waals surface area contributed by atoms with Gasteiger partial charge in [0.2, 0.25) is 5.91 Å². The van der Waals surface area contributed by atoms with E-state index < -0.39 is 90.7 Å². The van der Waals surface area contributed by atoms with Gasteiger partial charge >= 0.3 is 36.0 Å². The molecule has 0 spiro atoms. The number of amides is 4. The van der Waals surface area contributed by atoms with E-state index in [1.807, 2.05) is 0 Å². The first-order valence-electron chi connectivity index (χ1n) is 15.8. The number of carboxylic acid groups (broad SMARTS) is 1. The molecule has 0 saturated carbocycles. The molecule has 50 heavy (non-hydrogen) atoms. The first-order valence-corrected chi connectivity index (χ1v) is 15.8. The Balaban J connectivity index is 2.36. The normalized spacial score (nSPS) is 20.7. The Morgan fingerprint density at radius 2 is 1.52 bits per heavy atom. The molecule has 1 aromatic rings. The van der Waals surface area contributed by atoms with Crippen molar-refractivity contribution in [2.75, 3.05) is 11.9 Å². The summed E-state index contributed by atoms with van der Waals surface area (Å²) < 4.78 is 26.9. The molecule has 1 saturated heterocycles. The maximum Gasteiger partial charge on any atom is 0.408 e. The van der Waals surface area contributed by atoms with Crippen molar-refractivity contribution in [2.24, 2.45) is 5.73 Å². The van der Waals surface area contributed by atoms with Crippen LogP contribution in [-0.2, 0) is 60.7 Å². The van der Waals surface area contributed by atoms with Crippen LogP contribution in [0.4, 0.5) is 15.3 Å². The number of rotatable bonds is 15. The number of aliphatic hydroxyl groups is 1. The van der Waals surface area contributed by atoms with Gasteiger partial charge in [-0.05, 0) is 69.7 Å². The molecule has 1 aromatic carbocycles. The second-order valence-electron chi connectivity index (χ2n) is 12.5. The van der Waals surface area contributed by atoms with Crippen molar-refractivity contribution in [3.8, 4) is 0 Å². The molecule has 6 atom stereocenters. The zero-order chi connectivity index (χ0) is 37.8. The number of benzene rings is 1. The van der Waals surface area contributed by atoms with E-state index >= 15 is 0 Å². The molecule has 1 aliphatic rings. The van der Waals surface area contributed by atoms with Gasteiger partial charge in [-0.3, -0.25) is 19.2 Å². The zero-order valence-corrected chi connectivity index (χ0v) is 28.8. The average Bonchev–Trinajstić information content (AvgIpc) is 2.98. The van der Waals surface area contributed by atoms with Crippen LogP contribution < -0.4 is 21.7 Å². The van der Waals surface area contributed by atoms with Gasteiger partial charge in [-0.25, -0.2) is 14.4 Å². The summed E-state index contributed by atoms with van der Waals surface area (Å²) in [6, 6.07) is 2.78. The topological polar surface area (TPSA) is 268 Å². The van der Waals surface area contributed by atoms with Gasteiger partial charge in [0, 0.05) is 33.0 Å². The number of aliphatic carboxylic acids is 1. The molecule has 1 heterocycles. The Kier molecular flexibility index (Phi) is 15.4. The minimum Gasteiger partial charge on any atom is -0.479 e. The standard InChI is InChI=1S/C32H46N4O14/c1-16(38)46-24-23(49-27(29(42)43)26(48-18(3)40)25(24)47-17(2)39)12-10-19-14-21(11-9-20(19)15-37)35-28(41)22(8-7-13-34-30(33)44)36-31(45)50-32(4,5)6/h9,11,14,22-27,37H,7-8,10,12-13,15H2,1-6H3,(H,35,41)(H,36,45)(H,42,43)(H3,33,34,44)/t22?,23-,24-,25+,26-,27-/m0/s1. The van der Waals surface area contributed by atoms with Crippen LogP contribution in [0.3, 0.4) is 0 Å². The van der Waals surface area contributed by atoms with E-state index in [4.69, 9.17) is 29.4 Å². The van der Waals surface area contributed by atoms with Crippen molar-refractivity contribution in [1.29, 1.82) is 0 Å². The number of esters is 3. The van der Waals surface area contributed by atoms with E-state index in [9.17, 15) is 43.8 Å². The molecule has 0 aliphatic carbocycles. The molecule has 18 heteroatoms. The van der Waals surface area contributed by atoms with Gasteiger partial charge in [-0.1, -0.05) is 6.07 Å². The lowest BCUT2D eigenvalue weighted by Gasteiger charge is -2.43. The number of aryl methyl sites for hydroxylation is 1. The van der Waals surface area contributed by atoms with Crippen molar-refractivity contribution in [3.63, 3.8) is 0 Å². The van der Waals surface area contributed by atoms with Gasteiger partial charge < -0.3 is 55.6 Å². The highest BCUT2D eigenvalue weighted by Gasteiger charge is 2.54. The minimum absolute atomic E-state index is 0.0492. The van der Waals surface area contributed by atoms with Crippen molar-refractivity contribution in [3.05, 3.63) is 29.3 Å². The quantitative estimate of drug-likeness (QED) is 0.0844. The van der Waals surface area contributed by atoms with Gasteiger partial charge in [0.05, 0.1) is 12.7 Å². The number of nitrogens with two attached hydrogens (primary N) is 1. The smallest absolute Gasteiger partial charge is 0.408 e. The predicted octanol–water partition coefficient (Wildman–Crippen LogP) is 1.04. The van der Waals surface area contributed by atoms with E-state index in [2.05, 4.69) is 16.0 Å². The highest BCUT2D eigenvalue weighted by atomic mass is 16.7. The van der Waals surface area contributed by atoms with E-state index in [1.54, 1.807) is 32.9 Å². The number of hydrogen-bond acceptors (Lipinski definition) is 13. The number of carbonyl (C=O) groups excluding carboxylic acids is 6. The van der Waals surface area contributed by atoms with E-state index in [0.717, 1.165) is 20.8 Å². The molecule has 2 rings (SSSR count). The molecule has 1 aliphatic heterocycles. The molecule has 0 aromatic heterocycles. The number of urea groups is 1. The molecular formula is C32H46N4O14. The van der Waals surface area contributed by atoms with Crippen LogP contribution in [0.15, 0.2) is 18.2 Å². The number of alkyl carbamates (subject to hydrolysis) is 1. The molecule has 278 valence electrons. The molecule has 4 amide bonds. The predicted molar refractivity (Wildman–Crippen MR) is 172 cm³/mol. The summed E-state index contributed by atoms with van der Waals surface area (Å²) in [5.41, 5.74) is 5.45. The van der Waals surface area contributed by atoms with E-state index in [1.165, 1.54) is 6.07 Å². The highest BCUT2D eigenvalue weighted by Crippen LogP contribution is 2.32. The summed E-state index contributed by atoms with van der Waals surface area (Å²) in [6.07, 6.45) is -8.00. The fourth-order valence-electron chi connectivity index (χ4n) is 5.18. The third-order valence-corrected chi connectivity index (χ3v) is 7.10. The van der Waals surface area contributed by atoms with Crippen LogP contribution in [0, 0.1) is 0 Å². The molecule has 7 N–H and O–H groups in total. The summed E-state index contributed by atoms with van der Waals surface area (Å²) in [5.74, 6) is -4.70. The van der Waals surface area contributed by atoms with Crippen LogP contribution in [0.1, 0.15) is 71.9 Å². The summed E-state index contributed by atoms with van der Waals surface area (Å²) in [7, 11) is 0. The molecule has 0 bridgehead atoms. The lowest BCUT2D eigenvalue weighted by molar-refractivity contribution is -0.248. The fourth-order valence-corrected chi connectivity index (χ4v) is 5.18. The number of hydrogen-bond donors (Lipinski definition) is 6. The number of primary amides is 1. The SMILES string of the molecule is CC(=O)O[C@@H]1[C@@H](OC(C)=O)[C@H](CCc2cc(NC(=O)C(CCCNC(N)=O)NC(=O)OC(C)(C)C)ccc2CO)O[C@H](C(=O)O)[C@H]1OC(C)=O. The Morgan fingerprint density at radius 1 is 0.920 bits per heavy atom. The lowest BCUT2D eigenvalue weighted by Crippen LogP contribution is -2.63. The van der Waals surface area contributed by atoms with Gasteiger partial charge in [0.1, 0.15) is 11.6 Å². The van der Waals surface area contributed by atoms with Gasteiger partial charge in [-0.15, -0.1) is 0 Å². The fraction of sp³-hybridized carbons (Fsp3) is 0.594. The highest BCUT2D eigenvalue weighted by molar-refractivity contribution is 5.96. The monoisotopic (exact) mass is 710 g/mol. The second-order valence-corrected chi connectivity index (χ2v) is 12.5. The van der Waals surface area contributed by atoms with Gasteiger partial charge in [0.15, 0.2) is 24.4 Å². The summed E-state index contributed by atoms with van der Waals surface area (Å²) in [5, 5.41) is 27.6. The van der Waals surface area contributed by atoms with E-state index in [0.29, 0.717) is 11.1 Å². The minimum atomic E-state index is -1.80. The van der Waals surface area contributed by atoms with Crippen molar-refractivity contribution >= 4 is 47.6 Å². The van der Waals surface area contributed by atoms with Gasteiger partial charge in [0.25, 0.3) is 0 Å². The van der Waals surface area contributed by atoms with Crippen LogP contribution in [-0.4, -0.2) is 101 Å². The number of carbonyl (C=O) groups is 7. The first-order chi connectivity index (χ1) is 23.3. The Labute approximate surface area is 288 Å². The number of nitrogens with one attached hydrogen (secondary N) is 3. The summed E-state index contributed by atoms with van der Waals surface area (Å²) in [6.45, 7) is 7.86. The number of carboxylic acids is 1. The zero-order valence-electron chi connectivity index (χ0n) is 28.8. The average molecular weight is 711 g/mol. The van der Waals surface area contributed by atoms with Crippen LogP contribution in [0.5, 0.6) is 0 Å². The number of anilines is 1. The summed E-state index contributed by atoms with van der Waals surface area (Å²) in [4.78, 5) is 85.0. The van der Waals surface area contributed by atoms with Gasteiger partial charge in [-0.2, -0.15) is 0 Å². The van der Waals surface area contributed by atoms with Crippen molar-refractivity contribution in [1.82, 2.24) is 10.6 Å². The number of aliphatic hydroxyl groups excluding tert-OH is 1. The van der Waals surface area contributed by atoms with E-state index in [-0.39, 0.29) is 37.9 Å². The maximum absolute atomic E-state index is 13.3. The Hall–Kier alpha value is -4.97. The molecular weight excluding hydrogens is 664 g/mol. The van der Waals surface area contributed by atoms with Crippen LogP contribution in [0.25, 0.3) is 0 Å². The molecule has 1 unspecified atom stereocenters. The maximum atomic E-state index is 13.3. The Morgan fingerprint density at radius 3 is 2.06 bits per heavy atom. The van der Waals surface area contributed by atoms with Crippen LogP contribution in [0.2, 0.25) is 0 Å². The third kappa shape index (κ3) is 13.5. The number of ether oxygens (including phenoxy) is 5. The third-order valence-electron chi connectivity index (χ3n) is 7.10. The van der Waals surface area contributed by atoms with Crippen molar-refractivity contribution in [2.45, 2.75) is 116 Å². The Bertz CT molecular complexity index is 1410. The van der Waals surface area contributed by atoms with Crippen molar-refractivity contribution < 1.29 is 67.5 Å². The molecule has 18 nitrogen and oxygen atoms in total. The first kappa shape index (κ1) is 41.2. The van der Waals surface area contributed by atoms with Crippen LogP contribution >= 0.6 is 0 Å².